The summed E-state index contributed by atoms with van der Waals surface area (Å²) in [4.78, 5) is 28.6. The largest absolute Gasteiger partial charge is 0.506 e. The average molecular weight is 442 g/mol. The van der Waals surface area contributed by atoms with Crippen LogP contribution in [0, 0.1) is 17.7 Å². The zero-order valence-corrected chi connectivity index (χ0v) is 18.8. The second kappa shape index (κ2) is 8.18. The van der Waals surface area contributed by atoms with E-state index in [9.17, 15) is 19.1 Å². The number of nitrogens with one attached hydrogen (secondary N) is 1. The van der Waals surface area contributed by atoms with Crippen molar-refractivity contribution in [3.05, 3.63) is 39.9 Å². The fourth-order valence-electron chi connectivity index (χ4n) is 6.63. The number of aromatic hydroxyl groups is 1. The molecule has 32 heavy (non-hydrogen) atoms. The van der Waals surface area contributed by atoms with Crippen molar-refractivity contribution in [1.29, 1.82) is 0 Å². The molecule has 1 aromatic carbocycles. The third-order valence-corrected chi connectivity index (χ3v) is 7.79. The first-order chi connectivity index (χ1) is 15.3. The van der Waals surface area contributed by atoms with Gasteiger partial charge in [-0.15, -0.1) is 0 Å². The minimum absolute atomic E-state index is 0.170. The van der Waals surface area contributed by atoms with Crippen LogP contribution < -0.4 is 10.9 Å². The number of nitrogens with zero attached hydrogens (tertiary/aromatic N) is 2. The van der Waals surface area contributed by atoms with Gasteiger partial charge >= 0.3 is 0 Å². The minimum Gasteiger partial charge on any atom is -0.506 e. The Morgan fingerprint density at radius 2 is 1.81 bits per heavy atom. The third kappa shape index (κ3) is 3.60. The van der Waals surface area contributed by atoms with Crippen molar-refractivity contribution in [3.8, 4) is 5.75 Å². The third-order valence-electron chi connectivity index (χ3n) is 7.79. The molecule has 2 saturated heterocycles. The molecule has 7 heteroatoms. The van der Waals surface area contributed by atoms with Gasteiger partial charge in [-0.3, -0.25) is 14.5 Å². The first-order valence-electron chi connectivity index (χ1n) is 11.9. The number of aromatic nitrogens is 1. The Hall–Kier alpha value is -2.41. The second-order valence-corrected chi connectivity index (χ2v) is 10.2. The Morgan fingerprint density at radius 1 is 1.16 bits per heavy atom. The van der Waals surface area contributed by atoms with E-state index in [1.54, 1.807) is 0 Å². The van der Waals surface area contributed by atoms with Crippen LogP contribution in [0.2, 0.25) is 0 Å². The van der Waals surface area contributed by atoms with E-state index in [-0.39, 0.29) is 17.0 Å². The summed E-state index contributed by atoms with van der Waals surface area (Å²) in [6, 6.07) is 5.03. The summed E-state index contributed by atoms with van der Waals surface area (Å²) in [7, 11) is 0. The first-order valence-corrected chi connectivity index (χ1v) is 11.9. The van der Waals surface area contributed by atoms with Crippen LogP contribution in [0.5, 0.6) is 5.75 Å². The van der Waals surface area contributed by atoms with E-state index in [1.807, 2.05) is 13.8 Å². The van der Waals surface area contributed by atoms with Crippen LogP contribution in [-0.2, 0) is 0 Å². The highest BCUT2D eigenvalue weighted by Gasteiger charge is 2.46. The fraction of sp³-hybridized carbons (Fsp3) is 0.600. The Bertz CT molecular complexity index is 1080. The van der Waals surface area contributed by atoms with E-state index in [0.717, 1.165) is 24.8 Å². The molecule has 2 aromatic rings. The first kappa shape index (κ1) is 21.4. The summed E-state index contributed by atoms with van der Waals surface area (Å²) < 4.78 is 15.3. The lowest BCUT2D eigenvalue weighted by Gasteiger charge is -2.56. The van der Waals surface area contributed by atoms with Crippen LogP contribution >= 0.6 is 0 Å². The maximum atomic E-state index is 13.8. The number of carbonyl (C=O) groups excluding carboxylic acids is 1. The summed E-state index contributed by atoms with van der Waals surface area (Å²) in [5.74, 6) is 0.240. The zero-order valence-electron chi connectivity index (χ0n) is 18.8. The van der Waals surface area contributed by atoms with Gasteiger partial charge in [0.25, 0.3) is 11.5 Å². The summed E-state index contributed by atoms with van der Waals surface area (Å²) in [6.45, 7) is 5.02. The van der Waals surface area contributed by atoms with Gasteiger partial charge in [0.05, 0.1) is 5.52 Å². The van der Waals surface area contributed by atoms with E-state index < -0.39 is 23.0 Å². The van der Waals surface area contributed by atoms with Gasteiger partial charge in [-0.2, -0.15) is 0 Å². The molecule has 2 aliphatic heterocycles. The van der Waals surface area contributed by atoms with Gasteiger partial charge in [-0.05, 0) is 82.4 Å². The number of fused-ring (bicyclic) bond motifs is 1. The Morgan fingerprint density at radius 3 is 2.44 bits per heavy atom. The number of amides is 1. The van der Waals surface area contributed by atoms with Crippen LogP contribution in [0.1, 0.15) is 68.8 Å². The molecule has 4 bridgehead atoms. The molecule has 172 valence electrons. The predicted molar refractivity (Wildman–Crippen MR) is 122 cm³/mol. The number of halogens is 1. The molecule has 0 radical (unpaired) electrons. The van der Waals surface area contributed by atoms with E-state index in [4.69, 9.17) is 0 Å². The van der Waals surface area contributed by atoms with E-state index in [1.165, 1.54) is 54.9 Å². The average Bonchev–Trinajstić information content (AvgIpc) is 2.72. The quantitative estimate of drug-likeness (QED) is 0.669. The number of benzene rings is 1. The molecule has 2 aliphatic carbocycles. The Labute approximate surface area is 187 Å². The second-order valence-electron chi connectivity index (χ2n) is 10.2. The predicted octanol–water partition coefficient (Wildman–Crippen LogP) is 3.81. The number of piperidine rings is 2. The fourth-order valence-corrected chi connectivity index (χ4v) is 6.63. The van der Waals surface area contributed by atoms with Gasteiger partial charge in [0, 0.05) is 36.6 Å². The van der Waals surface area contributed by atoms with Gasteiger partial charge < -0.3 is 15.0 Å². The number of pyridine rings is 1. The van der Waals surface area contributed by atoms with Crippen molar-refractivity contribution in [2.24, 2.45) is 11.8 Å². The maximum absolute atomic E-state index is 13.8. The lowest BCUT2D eigenvalue weighted by atomic mass is 9.63. The molecule has 1 amide bonds. The molecule has 2 N–H and O–H groups in total. The van der Waals surface area contributed by atoms with Gasteiger partial charge in [-0.1, -0.05) is 0 Å². The molecule has 6 nitrogen and oxygen atoms in total. The molecule has 4 fully saturated rings. The Kier molecular flexibility index (Phi) is 5.48. The van der Waals surface area contributed by atoms with Gasteiger partial charge in [0.1, 0.15) is 17.1 Å². The van der Waals surface area contributed by atoms with Gasteiger partial charge in [0.2, 0.25) is 0 Å². The van der Waals surface area contributed by atoms with Crippen LogP contribution in [0.25, 0.3) is 10.9 Å². The molecule has 6 rings (SSSR count). The van der Waals surface area contributed by atoms with Crippen molar-refractivity contribution in [3.63, 3.8) is 0 Å². The van der Waals surface area contributed by atoms with E-state index in [2.05, 4.69) is 10.2 Å². The summed E-state index contributed by atoms with van der Waals surface area (Å²) >= 11 is 0. The molecular weight excluding hydrogens is 409 g/mol. The normalized spacial score (nSPS) is 26.9. The molecule has 1 aromatic heterocycles. The molecular formula is C25H32FN3O3. The van der Waals surface area contributed by atoms with Gasteiger partial charge in [-0.25, -0.2) is 4.39 Å². The molecule has 3 heterocycles. The summed E-state index contributed by atoms with van der Waals surface area (Å²) in [5.41, 5.74) is -0.458. The highest BCUT2D eigenvalue weighted by molar-refractivity contribution is 6.02. The standard InChI is InChI=1S/C25H32FN3O3/c1-14(2)29-21-5-4-17(26)13-20(21)23(30)22(25(29)32)24(31)27-6-3-7-28-18-9-15-8-16(11-18)12-19(28)10-15/h4-5,13-16,18-19,30H,3,6-12H2,1-2H3,(H,27,31). The van der Waals surface area contributed by atoms with Gasteiger partial charge in [0.15, 0.2) is 0 Å². The smallest absolute Gasteiger partial charge is 0.267 e. The molecule has 0 spiro atoms. The van der Waals surface area contributed by atoms with E-state index >= 15 is 0 Å². The highest BCUT2D eigenvalue weighted by atomic mass is 19.1. The lowest BCUT2D eigenvalue weighted by molar-refractivity contribution is -0.0587. The summed E-state index contributed by atoms with van der Waals surface area (Å²) in [6.07, 6.45) is 7.48. The van der Waals surface area contributed by atoms with Crippen molar-refractivity contribution in [1.82, 2.24) is 14.8 Å². The molecule has 0 unspecified atom stereocenters. The summed E-state index contributed by atoms with van der Waals surface area (Å²) in [5, 5.41) is 13.7. The Balaban J connectivity index is 1.29. The van der Waals surface area contributed by atoms with E-state index in [0.29, 0.717) is 24.1 Å². The SMILES string of the molecule is CC(C)n1c(=O)c(C(=O)NCCCN2C3CC4CC(C3)CC2C4)c(O)c2cc(F)ccc21. The number of rotatable bonds is 6. The highest BCUT2D eigenvalue weighted by Crippen LogP contribution is 2.49. The number of hydrogen-bond acceptors (Lipinski definition) is 4. The zero-order chi connectivity index (χ0) is 22.6. The van der Waals surface area contributed by atoms with Crippen LogP contribution in [0.15, 0.2) is 23.0 Å². The monoisotopic (exact) mass is 441 g/mol. The van der Waals surface area contributed by atoms with Crippen molar-refractivity contribution in [2.75, 3.05) is 13.1 Å². The molecule has 2 saturated carbocycles. The van der Waals surface area contributed by atoms with Crippen molar-refractivity contribution in [2.45, 2.75) is 70.5 Å². The maximum Gasteiger partial charge on any atom is 0.267 e. The number of hydrogen-bond donors (Lipinski definition) is 2. The van der Waals surface area contributed by atoms with Crippen LogP contribution in [0.4, 0.5) is 4.39 Å². The van der Waals surface area contributed by atoms with Crippen LogP contribution in [0.3, 0.4) is 0 Å². The lowest BCUT2D eigenvalue weighted by Crippen LogP contribution is -2.58. The van der Waals surface area contributed by atoms with Crippen molar-refractivity contribution < 1.29 is 14.3 Å². The molecule has 0 atom stereocenters. The molecule has 4 aliphatic rings. The minimum atomic E-state index is -0.604. The topological polar surface area (TPSA) is 74.6 Å². The van der Waals surface area contributed by atoms with Crippen molar-refractivity contribution >= 4 is 16.8 Å². The van der Waals surface area contributed by atoms with Crippen LogP contribution in [-0.4, -0.2) is 45.7 Å². The number of carbonyl (C=O) groups is 1.